The Morgan fingerprint density at radius 2 is 2.00 bits per heavy atom. The summed E-state index contributed by atoms with van der Waals surface area (Å²) < 4.78 is 7.60. The highest BCUT2D eigenvalue weighted by Crippen LogP contribution is 2.37. The first-order valence-electron chi connectivity index (χ1n) is 8.88. The minimum atomic E-state index is -0.0984. The van der Waals surface area contributed by atoms with E-state index in [1.165, 1.54) is 6.42 Å². The molecule has 1 amide bonds. The molecule has 8 heteroatoms. The minimum absolute atomic E-state index is 0.0984. The molecular weight excluding hydrogens is 332 g/mol. The van der Waals surface area contributed by atoms with Gasteiger partial charge in [-0.2, -0.15) is 0 Å². The first-order valence-corrected chi connectivity index (χ1v) is 8.88. The summed E-state index contributed by atoms with van der Waals surface area (Å²) in [7, 11) is 0. The molecule has 3 aromatic rings. The predicted molar refractivity (Wildman–Crippen MR) is 90.7 cm³/mol. The highest BCUT2D eigenvalue weighted by atomic mass is 16.4. The van der Waals surface area contributed by atoms with Crippen molar-refractivity contribution in [1.82, 2.24) is 29.6 Å². The largest absolute Gasteiger partial charge is 0.445 e. The van der Waals surface area contributed by atoms with Crippen LogP contribution in [0.25, 0.3) is 5.82 Å². The third kappa shape index (κ3) is 2.58. The van der Waals surface area contributed by atoms with E-state index in [0.717, 1.165) is 30.2 Å². The van der Waals surface area contributed by atoms with Crippen molar-refractivity contribution in [2.75, 3.05) is 6.54 Å². The smallest absolute Gasteiger partial charge is 0.272 e. The van der Waals surface area contributed by atoms with Gasteiger partial charge >= 0.3 is 0 Å². The molecule has 0 bridgehead atoms. The van der Waals surface area contributed by atoms with E-state index >= 15 is 0 Å². The standard InChI is InChI=1S/C18H18N6O2/c25-18(13-5-2-6-16(21-13)24-10-19-20-11-24)23-8-7-15-14(9-23)22-17(26-15)12-3-1-4-12/h2,5-6,10-12H,1,3-4,7-9H2. The van der Waals surface area contributed by atoms with Gasteiger partial charge in [-0.15, -0.1) is 10.2 Å². The monoisotopic (exact) mass is 350 g/mol. The Balaban J connectivity index is 1.36. The second-order valence-corrected chi connectivity index (χ2v) is 6.78. The van der Waals surface area contributed by atoms with Crippen molar-refractivity contribution in [3.63, 3.8) is 0 Å². The molecule has 0 N–H and O–H groups in total. The molecule has 5 rings (SSSR count). The maximum atomic E-state index is 12.9. The normalized spacial score (nSPS) is 17.0. The fraction of sp³-hybridized carbons (Fsp3) is 0.389. The van der Waals surface area contributed by atoms with Crippen LogP contribution in [-0.4, -0.2) is 42.1 Å². The molecule has 0 radical (unpaired) electrons. The Hall–Kier alpha value is -3.03. The van der Waals surface area contributed by atoms with Gasteiger partial charge in [0, 0.05) is 18.9 Å². The average molecular weight is 350 g/mol. The molecule has 0 unspecified atom stereocenters. The number of hydrogen-bond donors (Lipinski definition) is 0. The van der Waals surface area contributed by atoms with Crippen molar-refractivity contribution in [2.45, 2.75) is 38.1 Å². The van der Waals surface area contributed by atoms with Crippen molar-refractivity contribution >= 4 is 5.91 Å². The summed E-state index contributed by atoms with van der Waals surface area (Å²) in [5.41, 5.74) is 1.30. The lowest BCUT2D eigenvalue weighted by atomic mass is 9.85. The number of fused-ring (bicyclic) bond motifs is 1. The van der Waals surface area contributed by atoms with E-state index in [-0.39, 0.29) is 5.91 Å². The van der Waals surface area contributed by atoms with Crippen LogP contribution in [0.5, 0.6) is 0 Å². The van der Waals surface area contributed by atoms with Crippen molar-refractivity contribution in [3.05, 3.63) is 53.9 Å². The Morgan fingerprint density at radius 1 is 1.15 bits per heavy atom. The molecular formula is C18H18N6O2. The van der Waals surface area contributed by atoms with Gasteiger partial charge in [-0.05, 0) is 25.0 Å². The fourth-order valence-corrected chi connectivity index (χ4v) is 3.39. The van der Waals surface area contributed by atoms with Crippen LogP contribution in [-0.2, 0) is 13.0 Å². The Morgan fingerprint density at radius 3 is 2.77 bits per heavy atom. The number of oxazole rings is 1. The Kier molecular flexibility index (Phi) is 3.55. The number of amides is 1. The maximum Gasteiger partial charge on any atom is 0.272 e. The van der Waals surface area contributed by atoms with Gasteiger partial charge in [0.2, 0.25) is 0 Å². The van der Waals surface area contributed by atoms with E-state index in [1.54, 1.807) is 28.2 Å². The van der Waals surface area contributed by atoms with Crippen molar-refractivity contribution in [2.24, 2.45) is 0 Å². The molecule has 4 heterocycles. The van der Waals surface area contributed by atoms with Gasteiger partial charge in [-0.25, -0.2) is 9.97 Å². The highest BCUT2D eigenvalue weighted by molar-refractivity contribution is 5.92. The summed E-state index contributed by atoms with van der Waals surface area (Å²) in [5.74, 6) is 2.77. The molecule has 26 heavy (non-hydrogen) atoms. The zero-order valence-corrected chi connectivity index (χ0v) is 14.2. The van der Waals surface area contributed by atoms with Crippen LogP contribution in [0.15, 0.2) is 35.3 Å². The summed E-state index contributed by atoms with van der Waals surface area (Å²) in [6.45, 7) is 1.09. The summed E-state index contributed by atoms with van der Waals surface area (Å²) >= 11 is 0. The molecule has 3 aromatic heterocycles. The van der Waals surface area contributed by atoms with Crippen LogP contribution in [0, 0.1) is 0 Å². The lowest BCUT2D eigenvalue weighted by molar-refractivity contribution is 0.0721. The van der Waals surface area contributed by atoms with E-state index < -0.39 is 0 Å². The van der Waals surface area contributed by atoms with Crippen LogP contribution in [0.4, 0.5) is 0 Å². The molecule has 132 valence electrons. The number of pyridine rings is 1. The molecule has 0 atom stereocenters. The first kappa shape index (κ1) is 15.2. The molecule has 0 saturated heterocycles. The Bertz CT molecular complexity index is 945. The zero-order valence-electron chi connectivity index (χ0n) is 14.2. The summed E-state index contributed by atoms with van der Waals surface area (Å²) in [5, 5.41) is 7.55. The molecule has 1 aliphatic heterocycles. The Labute approximate surface area is 149 Å². The highest BCUT2D eigenvalue weighted by Gasteiger charge is 2.30. The third-order valence-corrected chi connectivity index (χ3v) is 5.12. The van der Waals surface area contributed by atoms with Crippen LogP contribution < -0.4 is 0 Å². The average Bonchev–Trinajstić information content (AvgIpc) is 3.28. The topological polar surface area (TPSA) is 89.9 Å². The fourth-order valence-electron chi connectivity index (χ4n) is 3.39. The van der Waals surface area contributed by atoms with Gasteiger partial charge in [0.1, 0.15) is 35.6 Å². The third-order valence-electron chi connectivity index (χ3n) is 5.12. The van der Waals surface area contributed by atoms with Gasteiger partial charge in [0.05, 0.1) is 6.54 Å². The van der Waals surface area contributed by atoms with Crippen LogP contribution in [0.1, 0.15) is 53.0 Å². The van der Waals surface area contributed by atoms with Gasteiger partial charge in [-0.3, -0.25) is 9.36 Å². The minimum Gasteiger partial charge on any atom is -0.445 e. The van der Waals surface area contributed by atoms with E-state index in [0.29, 0.717) is 36.9 Å². The molecule has 0 spiro atoms. The van der Waals surface area contributed by atoms with Crippen molar-refractivity contribution in [3.8, 4) is 5.82 Å². The van der Waals surface area contributed by atoms with Crippen LogP contribution >= 0.6 is 0 Å². The van der Waals surface area contributed by atoms with E-state index in [1.807, 2.05) is 12.1 Å². The zero-order chi connectivity index (χ0) is 17.5. The quantitative estimate of drug-likeness (QED) is 0.719. The number of hydrogen-bond acceptors (Lipinski definition) is 6. The second kappa shape index (κ2) is 6.05. The van der Waals surface area contributed by atoms with E-state index in [4.69, 9.17) is 4.42 Å². The summed E-state index contributed by atoms with van der Waals surface area (Å²) in [4.78, 5) is 23.8. The van der Waals surface area contributed by atoms with Gasteiger partial charge < -0.3 is 9.32 Å². The van der Waals surface area contributed by atoms with E-state index in [9.17, 15) is 4.79 Å². The second-order valence-electron chi connectivity index (χ2n) is 6.78. The number of carbonyl (C=O) groups excluding carboxylic acids is 1. The summed E-state index contributed by atoms with van der Waals surface area (Å²) in [6.07, 6.45) is 7.37. The number of carbonyl (C=O) groups is 1. The lowest BCUT2D eigenvalue weighted by Crippen LogP contribution is -2.36. The SMILES string of the molecule is O=C(c1cccc(-n2cnnc2)n1)N1CCc2oc(C3CCC3)nc2C1. The van der Waals surface area contributed by atoms with Gasteiger partial charge in [0.15, 0.2) is 5.89 Å². The van der Waals surface area contributed by atoms with E-state index in [2.05, 4.69) is 20.2 Å². The number of aromatic nitrogens is 5. The van der Waals surface area contributed by atoms with Crippen molar-refractivity contribution < 1.29 is 9.21 Å². The molecule has 1 aliphatic carbocycles. The maximum absolute atomic E-state index is 12.9. The van der Waals surface area contributed by atoms with Crippen molar-refractivity contribution in [1.29, 1.82) is 0 Å². The predicted octanol–water partition coefficient (Wildman–Crippen LogP) is 2.12. The number of rotatable bonds is 3. The lowest BCUT2D eigenvalue weighted by Gasteiger charge is -2.25. The molecule has 1 saturated carbocycles. The molecule has 0 aromatic carbocycles. The van der Waals surface area contributed by atoms with Crippen LogP contribution in [0.2, 0.25) is 0 Å². The molecule has 1 fully saturated rings. The van der Waals surface area contributed by atoms with Crippen LogP contribution in [0.3, 0.4) is 0 Å². The van der Waals surface area contributed by atoms with Gasteiger partial charge in [-0.1, -0.05) is 12.5 Å². The first-order chi connectivity index (χ1) is 12.8. The molecule has 8 nitrogen and oxygen atoms in total. The molecule has 2 aliphatic rings. The summed E-state index contributed by atoms with van der Waals surface area (Å²) in [6, 6.07) is 5.36. The van der Waals surface area contributed by atoms with Gasteiger partial charge in [0.25, 0.3) is 5.91 Å². The number of nitrogens with zero attached hydrogens (tertiary/aromatic N) is 6.